The summed E-state index contributed by atoms with van der Waals surface area (Å²) in [7, 11) is -1.56. The molecule has 0 saturated carbocycles. The van der Waals surface area contributed by atoms with Crippen LogP contribution < -0.4 is 5.32 Å². The van der Waals surface area contributed by atoms with Crippen molar-refractivity contribution >= 4 is 10.0 Å². The van der Waals surface area contributed by atoms with Gasteiger partial charge in [0.2, 0.25) is 10.0 Å². The summed E-state index contributed by atoms with van der Waals surface area (Å²) in [5.74, 6) is 0.0708. The van der Waals surface area contributed by atoms with Crippen molar-refractivity contribution in [2.24, 2.45) is 0 Å². The lowest BCUT2D eigenvalue weighted by Gasteiger charge is -2.16. The minimum atomic E-state index is -3.20. The van der Waals surface area contributed by atoms with Gasteiger partial charge in [0.15, 0.2) is 0 Å². The van der Waals surface area contributed by atoms with Gasteiger partial charge in [0.25, 0.3) is 0 Å². The van der Waals surface area contributed by atoms with Crippen molar-refractivity contribution in [1.29, 1.82) is 0 Å². The molecule has 0 saturated heterocycles. The van der Waals surface area contributed by atoms with Crippen LogP contribution in [-0.4, -0.2) is 32.4 Å². The van der Waals surface area contributed by atoms with Crippen LogP contribution >= 0.6 is 0 Å². The molecule has 0 aliphatic rings. The maximum atomic E-state index is 12.1. The molecule has 1 rings (SSSR count). The van der Waals surface area contributed by atoms with Crippen molar-refractivity contribution in [2.45, 2.75) is 45.5 Å². The number of nitrogens with one attached hydrogen (secondary N) is 1. The van der Waals surface area contributed by atoms with Gasteiger partial charge in [-0.15, -0.1) is 0 Å². The average Bonchev–Trinajstić information content (AvgIpc) is 2.37. The van der Waals surface area contributed by atoms with E-state index in [1.165, 1.54) is 9.87 Å². The van der Waals surface area contributed by atoms with Crippen LogP contribution in [0.5, 0.6) is 0 Å². The zero-order chi connectivity index (χ0) is 15.2. The molecule has 1 aromatic carbocycles. The zero-order valence-electron chi connectivity index (χ0n) is 12.9. The van der Waals surface area contributed by atoms with E-state index in [2.05, 4.69) is 19.2 Å². The Labute approximate surface area is 123 Å². The van der Waals surface area contributed by atoms with Crippen LogP contribution in [0.1, 0.15) is 38.3 Å². The molecule has 4 nitrogen and oxygen atoms in total. The van der Waals surface area contributed by atoms with Gasteiger partial charge in [-0.2, -0.15) is 0 Å². The number of sulfonamides is 1. The molecule has 0 atom stereocenters. The second kappa shape index (κ2) is 7.76. The fourth-order valence-electron chi connectivity index (χ4n) is 1.85. The van der Waals surface area contributed by atoms with Crippen LogP contribution in [0.3, 0.4) is 0 Å². The van der Waals surface area contributed by atoms with Crippen LogP contribution in [0.2, 0.25) is 0 Å². The van der Waals surface area contributed by atoms with Gasteiger partial charge < -0.3 is 5.32 Å². The largest absolute Gasteiger partial charge is 0.310 e. The molecule has 114 valence electrons. The van der Waals surface area contributed by atoms with Gasteiger partial charge >= 0.3 is 0 Å². The topological polar surface area (TPSA) is 49.4 Å². The van der Waals surface area contributed by atoms with Crippen LogP contribution in [0.25, 0.3) is 0 Å². The lowest BCUT2D eigenvalue weighted by atomic mass is 10.1. The molecular weight excluding hydrogens is 272 g/mol. The summed E-state index contributed by atoms with van der Waals surface area (Å²) in [6.07, 6.45) is 0.829. The first-order chi connectivity index (χ1) is 9.35. The van der Waals surface area contributed by atoms with E-state index in [1.807, 2.05) is 31.2 Å². The highest BCUT2D eigenvalue weighted by molar-refractivity contribution is 7.88. The predicted molar refractivity (Wildman–Crippen MR) is 84.0 cm³/mol. The Balaban J connectivity index is 2.65. The normalized spacial score (nSPS) is 12.3. The molecule has 0 unspecified atom stereocenters. The van der Waals surface area contributed by atoms with E-state index in [0.717, 1.165) is 18.5 Å². The van der Waals surface area contributed by atoms with Gasteiger partial charge in [-0.05, 0) is 17.5 Å². The van der Waals surface area contributed by atoms with Crippen LogP contribution in [0.15, 0.2) is 24.3 Å². The van der Waals surface area contributed by atoms with Crippen LogP contribution in [0.4, 0.5) is 0 Å². The Morgan fingerprint density at radius 2 is 1.70 bits per heavy atom. The van der Waals surface area contributed by atoms with Crippen molar-refractivity contribution < 1.29 is 8.42 Å². The fraction of sp³-hybridized carbons (Fsp3) is 0.600. The fourth-order valence-corrected chi connectivity index (χ4v) is 3.14. The highest BCUT2D eigenvalue weighted by atomic mass is 32.2. The van der Waals surface area contributed by atoms with Crippen molar-refractivity contribution in [3.8, 4) is 0 Å². The second-order valence-corrected chi connectivity index (χ2v) is 7.51. The molecule has 0 aromatic heterocycles. The van der Waals surface area contributed by atoms with Crippen LogP contribution in [0, 0.1) is 0 Å². The Morgan fingerprint density at radius 1 is 1.15 bits per heavy atom. The van der Waals surface area contributed by atoms with Gasteiger partial charge in [0.1, 0.15) is 0 Å². The van der Waals surface area contributed by atoms with Gasteiger partial charge in [-0.1, -0.05) is 45.0 Å². The molecule has 0 aliphatic heterocycles. The number of hydrogen-bond donors (Lipinski definition) is 1. The van der Waals surface area contributed by atoms with E-state index in [-0.39, 0.29) is 5.75 Å². The molecule has 0 spiro atoms. The van der Waals surface area contributed by atoms with E-state index >= 15 is 0 Å². The highest BCUT2D eigenvalue weighted by Gasteiger charge is 2.17. The first-order valence-corrected chi connectivity index (χ1v) is 8.71. The summed E-state index contributed by atoms with van der Waals surface area (Å²) in [6.45, 7) is 7.55. The van der Waals surface area contributed by atoms with E-state index < -0.39 is 10.0 Å². The van der Waals surface area contributed by atoms with Gasteiger partial charge in [0.05, 0.1) is 5.75 Å². The third-order valence-corrected chi connectivity index (χ3v) is 4.93. The number of hydrogen-bond acceptors (Lipinski definition) is 3. The molecule has 20 heavy (non-hydrogen) atoms. The van der Waals surface area contributed by atoms with Crippen molar-refractivity contribution in [3.05, 3.63) is 35.4 Å². The molecule has 0 aliphatic carbocycles. The summed E-state index contributed by atoms with van der Waals surface area (Å²) in [5, 5.41) is 3.34. The summed E-state index contributed by atoms with van der Waals surface area (Å²) in [6, 6.07) is 8.21. The number of rotatable bonds is 8. The minimum Gasteiger partial charge on any atom is -0.310 e. The minimum absolute atomic E-state index is 0.0708. The second-order valence-electron chi connectivity index (χ2n) is 5.43. The summed E-state index contributed by atoms with van der Waals surface area (Å²) in [4.78, 5) is 0. The molecule has 0 bridgehead atoms. The van der Waals surface area contributed by atoms with Crippen LogP contribution in [-0.2, 0) is 22.3 Å². The third-order valence-electron chi connectivity index (χ3n) is 3.10. The SMILES string of the molecule is CCCN(C)S(=O)(=O)Cc1ccc(CNC(C)C)cc1. The number of nitrogens with zero attached hydrogens (tertiary/aromatic N) is 1. The maximum absolute atomic E-state index is 12.1. The van der Waals surface area contributed by atoms with Crippen molar-refractivity contribution in [3.63, 3.8) is 0 Å². The summed E-state index contributed by atoms with van der Waals surface area (Å²) < 4.78 is 25.6. The van der Waals surface area contributed by atoms with E-state index in [9.17, 15) is 8.42 Å². The third kappa shape index (κ3) is 5.61. The molecule has 0 radical (unpaired) electrons. The average molecular weight is 298 g/mol. The lowest BCUT2D eigenvalue weighted by molar-refractivity contribution is 0.467. The van der Waals surface area contributed by atoms with Crippen molar-refractivity contribution in [1.82, 2.24) is 9.62 Å². The van der Waals surface area contributed by atoms with E-state index in [1.54, 1.807) is 7.05 Å². The highest BCUT2D eigenvalue weighted by Crippen LogP contribution is 2.11. The molecule has 1 aromatic rings. The van der Waals surface area contributed by atoms with Gasteiger partial charge in [-0.3, -0.25) is 0 Å². The van der Waals surface area contributed by atoms with E-state index in [4.69, 9.17) is 0 Å². The maximum Gasteiger partial charge on any atom is 0.218 e. The standard InChI is InChI=1S/C15H26N2O2S/c1-5-10-17(4)20(18,19)12-15-8-6-14(7-9-15)11-16-13(2)3/h6-9,13,16H,5,10-12H2,1-4H3. The predicted octanol–water partition coefficient (Wildman–Crippen LogP) is 2.36. The van der Waals surface area contributed by atoms with Crippen molar-refractivity contribution in [2.75, 3.05) is 13.6 Å². The molecule has 0 fully saturated rings. The smallest absolute Gasteiger partial charge is 0.218 e. The monoisotopic (exact) mass is 298 g/mol. The Bertz CT molecular complexity index is 495. The molecule has 5 heteroatoms. The Morgan fingerprint density at radius 3 is 2.20 bits per heavy atom. The molecule has 1 N–H and O–H groups in total. The summed E-state index contributed by atoms with van der Waals surface area (Å²) in [5.41, 5.74) is 2.00. The zero-order valence-corrected chi connectivity index (χ0v) is 13.7. The quantitative estimate of drug-likeness (QED) is 0.801. The first kappa shape index (κ1) is 17.1. The van der Waals surface area contributed by atoms with Gasteiger partial charge in [-0.25, -0.2) is 12.7 Å². The number of benzene rings is 1. The Hall–Kier alpha value is -0.910. The van der Waals surface area contributed by atoms with E-state index in [0.29, 0.717) is 12.6 Å². The molecule has 0 amide bonds. The summed E-state index contributed by atoms with van der Waals surface area (Å²) >= 11 is 0. The van der Waals surface area contributed by atoms with Gasteiger partial charge in [0, 0.05) is 26.2 Å². The molecular formula is C15H26N2O2S. The molecule has 0 heterocycles. The first-order valence-electron chi connectivity index (χ1n) is 7.10. The Kier molecular flexibility index (Phi) is 6.65. The lowest BCUT2D eigenvalue weighted by Crippen LogP contribution is -2.28.